The van der Waals surface area contributed by atoms with Gasteiger partial charge in [0.25, 0.3) is 5.91 Å². The van der Waals surface area contributed by atoms with Gasteiger partial charge in [0.05, 0.1) is 24.7 Å². The van der Waals surface area contributed by atoms with Crippen LogP contribution in [-0.4, -0.2) is 40.1 Å². The third-order valence-electron chi connectivity index (χ3n) is 4.66. The van der Waals surface area contributed by atoms with Gasteiger partial charge < -0.3 is 20.5 Å². The zero-order valence-electron chi connectivity index (χ0n) is 15.7. The number of anilines is 1. The van der Waals surface area contributed by atoms with Crippen LogP contribution in [0.25, 0.3) is 5.69 Å². The average molecular weight is 393 g/mol. The van der Waals surface area contributed by atoms with Crippen molar-refractivity contribution in [2.45, 2.75) is 12.3 Å². The molecule has 0 spiro atoms. The van der Waals surface area contributed by atoms with Crippen LogP contribution in [0.2, 0.25) is 0 Å². The highest BCUT2D eigenvalue weighted by molar-refractivity contribution is 5.94. The molecular formula is C20H19N5O4. The molecule has 0 bridgehead atoms. The first kappa shape index (κ1) is 18.5. The first-order valence-corrected chi connectivity index (χ1v) is 8.93. The third-order valence-corrected chi connectivity index (χ3v) is 4.66. The van der Waals surface area contributed by atoms with Crippen molar-refractivity contribution in [1.82, 2.24) is 14.5 Å². The number of methoxy groups -OCH3 is 1. The maximum Gasteiger partial charge on any atom is 0.255 e. The largest absolute Gasteiger partial charge is 0.493 e. The Morgan fingerprint density at radius 2 is 2.21 bits per heavy atom. The number of ether oxygens (including phenoxy) is 2. The molecule has 0 saturated heterocycles. The van der Waals surface area contributed by atoms with Crippen molar-refractivity contribution >= 4 is 17.6 Å². The number of fused-ring (bicyclic) bond motifs is 1. The van der Waals surface area contributed by atoms with E-state index in [0.29, 0.717) is 17.3 Å². The Kier molecular flexibility index (Phi) is 4.86. The molecule has 1 aliphatic rings. The molecular weight excluding hydrogens is 374 g/mol. The lowest BCUT2D eigenvalue weighted by Crippen LogP contribution is -2.25. The molecule has 3 N–H and O–H groups in total. The number of primary amides is 1. The molecule has 0 saturated carbocycles. The Morgan fingerprint density at radius 3 is 2.93 bits per heavy atom. The van der Waals surface area contributed by atoms with E-state index in [0.717, 1.165) is 16.9 Å². The first-order chi connectivity index (χ1) is 14.1. The smallest absolute Gasteiger partial charge is 0.255 e. The highest BCUT2D eigenvalue weighted by Crippen LogP contribution is 2.40. The molecule has 0 radical (unpaired) electrons. The molecule has 1 aliphatic heterocycles. The Hall–Kier alpha value is -3.88. The van der Waals surface area contributed by atoms with Crippen LogP contribution in [0.4, 0.5) is 5.82 Å². The second-order valence-corrected chi connectivity index (χ2v) is 6.53. The molecule has 3 heterocycles. The van der Waals surface area contributed by atoms with E-state index in [1.807, 2.05) is 18.2 Å². The molecule has 1 atom stereocenters. The molecule has 0 aliphatic carbocycles. The minimum atomic E-state index is -0.591. The van der Waals surface area contributed by atoms with Gasteiger partial charge in [-0.05, 0) is 29.8 Å². The number of aromatic nitrogens is 3. The number of hydrogen-bond acceptors (Lipinski definition) is 6. The number of nitrogens with two attached hydrogens (primary N) is 1. The summed E-state index contributed by atoms with van der Waals surface area (Å²) in [6, 6.07) is 9.03. The van der Waals surface area contributed by atoms with E-state index in [1.165, 1.54) is 7.11 Å². The summed E-state index contributed by atoms with van der Waals surface area (Å²) >= 11 is 0. The predicted octanol–water partition coefficient (Wildman–Crippen LogP) is 1.61. The predicted molar refractivity (Wildman–Crippen MR) is 104 cm³/mol. The van der Waals surface area contributed by atoms with Gasteiger partial charge in [-0.2, -0.15) is 0 Å². The number of benzene rings is 1. The van der Waals surface area contributed by atoms with E-state index in [-0.39, 0.29) is 24.9 Å². The summed E-state index contributed by atoms with van der Waals surface area (Å²) in [6.07, 6.45) is 5.27. The summed E-state index contributed by atoms with van der Waals surface area (Å²) in [5.74, 6) is 0.461. The maximum atomic E-state index is 12.4. The minimum Gasteiger partial charge on any atom is -0.493 e. The summed E-state index contributed by atoms with van der Waals surface area (Å²) in [5.41, 5.74) is 7.52. The molecule has 4 rings (SSSR count). The molecule has 0 fully saturated rings. The maximum absolute atomic E-state index is 12.4. The third kappa shape index (κ3) is 3.62. The topological polar surface area (TPSA) is 121 Å². The molecule has 9 heteroatoms. The Bertz CT molecular complexity index is 1060. The number of carbonyl (C=O) groups excluding carboxylic acids is 2. The highest BCUT2D eigenvalue weighted by atomic mass is 16.5. The number of nitrogens with one attached hydrogen (secondary N) is 1. The Labute approximate surface area is 166 Å². The molecule has 0 unspecified atom stereocenters. The average Bonchev–Trinajstić information content (AvgIpc) is 3.15. The van der Waals surface area contributed by atoms with Crippen LogP contribution in [-0.2, 0) is 9.59 Å². The summed E-state index contributed by atoms with van der Waals surface area (Å²) in [6.45, 7) is -0.272. The number of nitrogens with zero attached hydrogens (tertiary/aromatic N) is 3. The van der Waals surface area contributed by atoms with Gasteiger partial charge in [-0.25, -0.2) is 4.98 Å². The van der Waals surface area contributed by atoms with Crippen LogP contribution in [0.15, 0.2) is 49.1 Å². The molecule has 29 heavy (non-hydrogen) atoms. The van der Waals surface area contributed by atoms with E-state index in [9.17, 15) is 9.59 Å². The lowest BCUT2D eigenvalue weighted by Gasteiger charge is -2.24. The standard InChI is InChI=1S/C20H19N5O4/c1-28-15-5-4-12(7-16(15)29-10-17(21)26)14-8-18(27)24-20-19(14)23-11-25(20)13-3-2-6-22-9-13/h2-7,9,11,14H,8,10H2,1H3,(H2,21,26)(H,24,27)/t14-/m0/s1. The van der Waals surface area contributed by atoms with Crippen LogP contribution in [0.5, 0.6) is 11.5 Å². The van der Waals surface area contributed by atoms with E-state index in [2.05, 4.69) is 15.3 Å². The molecule has 2 aromatic heterocycles. The molecule has 1 aromatic carbocycles. The first-order valence-electron chi connectivity index (χ1n) is 8.93. The summed E-state index contributed by atoms with van der Waals surface area (Å²) in [7, 11) is 1.51. The van der Waals surface area contributed by atoms with Crippen LogP contribution in [0.3, 0.4) is 0 Å². The zero-order valence-corrected chi connectivity index (χ0v) is 15.7. The van der Waals surface area contributed by atoms with E-state index >= 15 is 0 Å². The van der Waals surface area contributed by atoms with Crippen molar-refractivity contribution in [2.24, 2.45) is 5.73 Å². The van der Waals surface area contributed by atoms with Gasteiger partial charge in [0.1, 0.15) is 12.1 Å². The number of amides is 2. The van der Waals surface area contributed by atoms with Crippen molar-refractivity contribution in [3.8, 4) is 17.2 Å². The normalized spacial score (nSPS) is 15.3. The van der Waals surface area contributed by atoms with Gasteiger partial charge in [-0.3, -0.25) is 19.1 Å². The minimum absolute atomic E-state index is 0.122. The number of rotatable bonds is 6. The van der Waals surface area contributed by atoms with E-state index in [4.69, 9.17) is 15.2 Å². The van der Waals surface area contributed by atoms with Crippen LogP contribution in [0.1, 0.15) is 23.6 Å². The molecule has 9 nitrogen and oxygen atoms in total. The molecule has 2 amide bonds. The van der Waals surface area contributed by atoms with E-state index in [1.54, 1.807) is 35.4 Å². The lowest BCUT2D eigenvalue weighted by atomic mass is 9.89. The van der Waals surface area contributed by atoms with Gasteiger partial charge >= 0.3 is 0 Å². The van der Waals surface area contributed by atoms with Crippen molar-refractivity contribution in [2.75, 3.05) is 19.0 Å². The van der Waals surface area contributed by atoms with Crippen molar-refractivity contribution in [1.29, 1.82) is 0 Å². The fraction of sp³-hybridized carbons (Fsp3) is 0.200. The number of pyridine rings is 1. The summed E-state index contributed by atoms with van der Waals surface area (Å²) < 4.78 is 12.6. The van der Waals surface area contributed by atoms with Crippen molar-refractivity contribution in [3.63, 3.8) is 0 Å². The zero-order chi connectivity index (χ0) is 20.4. The second kappa shape index (κ2) is 7.63. The van der Waals surface area contributed by atoms with Gasteiger partial charge in [0.2, 0.25) is 5.91 Å². The van der Waals surface area contributed by atoms with E-state index < -0.39 is 5.91 Å². The van der Waals surface area contributed by atoms with Crippen LogP contribution in [0, 0.1) is 0 Å². The van der Waals surface area contributed by atoms with Gasteiger partial charge in [-0.1, -0.05) is 6.07 Å². The number of carbonyl (C=O) groups is 2. The SMILES string of the molecule is COc1ccc([C@@H]2CC(=O)Nc3c2ncn3-c2cccnc2)cc1OCC(N)=O. The highest BCUT2D eigenvalue weighted by Gasteiger charge is 2.31. The molecule has 3 aromatic rings. The summed E-state index contributed by atoms with van der Waals surface area (Å²) in [4.78, 5) is 32.2. The quantitative estimate of drug-likeness (QED) is 0.656. The van der Waals surface area contributed by atoms with Gasteiger partial charge in [0, 0.05) is 18.5 Å². The lowest BCUT2D eigenvalue weighted by molar-refractivity contribution is -0.120. The second-order valence-electron chi connectivity index (χ2n) is 6.53. The van der Waals surface area contributed by atoms with Gasteiger partial charge in [-0.15, -0.1) is 0 Å². The van der Waals surface area contributed by atoms with Crippen LogP contribution >= 0.6 is 0 Å². The van der Waals surface area contributed by atoms with Crippen LogP contribution < -0.4 is 20.5 Å². The number of imidazole rings is 1. The molecule has 148 valence electrons. The monoisotopic (exact) mass is 393 g/mol. The fourth-order valence-electron chi connectivity index (χ4n) is 3.35. The Morgan fingerprint density at radius 1 is 1.34 bits per heavy atom. The van der Waals surface area contributed by atoms with Gasteiger partial charge in [0.15, 0.2) is 18.1 Å². The van der Waals surface area contributed by atoms with Crippen molar-refractivity contribution in [3.05, 3.63) is 60.3 Å². The summed E-state index contributed by atoms with van der Waals surface area (Å²) in [5, 5.41) is 2.90. The Balaban J connectivity index is 1.74. The van der Waals surface area contributed by atoms with Crippen molar-refractivity contribution < 1.29 is 19.1 Å². The fourth-order valence-corrected chi connectivity index (χ4v) is 3.35. The number of hydrogen-bond donors (Lipinski definition) is 2.